The van der Waals surface area contributed by atoms with Crippen molar-refractivity contribution in [1.82, 2.24) is 10.3 Å². The van der Waals surface area contributed by atoms with Crippen LogP contribution in [-0.4, -0.2) is 17.6 Å². The molecule has 0 aliphatic rings. The van der Waals surface area contributed by atoms with Gasteiger partial charge in [0.1, 0.15) is 5.82 Å². The molecule has 2 amide bonds. The van der Waals surface area contributed by atoms with Crippen molar-refractivity contribution >= 4 is 22.6 Å². The minimum absolute atomic E-state index is 0.256. The Kier molecular flexibility index (Phi) is 4.95. The topological polar surface area (TPSA) is 80.0 Å². The van der Waals surface area contributed by atoms with Crippen molar-refractivity contribution in [2.45, 2.75) is 20.4 Å². The summed E-state index contributed by atoms with van der Waals surface area (Å²) >= 11 is 0. The third-order valence-electron chi connectivity index (χ3n) is 4.17. The first-order valence-electron chi connectivity index (χ1n) is 8.36. The lowest BCUT2D eigenvalue weighted by molar-refractivity contribution is 0.252. The lowest BCUT2D eigenvalue weighted by Crippen LogP contribution is -2.28. The van der Waals surface area contributed by atoms with Gasteiger partial charge in [-0.05, 0) is 53.6 Å². The lowest BCUT2D eigenvalue weighted by atomic mass is 9.95. The molecule has 0 saturated carbocycles. The number of urea groups is 1. The highest BCUT2D eigenvalue weighted by molar-refractivity contribution is 6.00. The normalized spacial score (nSPS) is 10.7. The molecule has 0 spiro atoms. The Morgan fingerprint density at radius 3 is 2.76 bits per heavy atom. The van der Waals surface area contributed by atoms with Crippen molar-refractivity contribution in [3.8, 4) is 11.1 Å². The van der Waals surface area contributed by atoms with Crippen LogP contribution in [0.3, 0.4) is 0 Å². The summed E-state index contributed by atoms with van der Waals surface area (Å²) in [7, 11) is 0. The number of amides is 2. The monoisotopic (exact) mass is 334 g/mol. The fraction of sp³-hybridized carbons (Fsp3) is 0.200. The molecule has 5 heteroatoms. The number of nitrogens with zero attached hydrogens (tertiary/aromatic N) is 1. The smallest absolute Gasteiger partial charge is 0.320 e. The molecule has 0 radical (unpaired) electrons. The zero-order valence-electron chi connectivity index (χ0n) is 14.5. The van der Waals surface area contributed by atoms with Gasteiger partial charge in [-0.25, -0.2) is 9.78 Å². The van der Waals surface area contributed by atoms with Gasteiger partial charge in [0.05, 0.1) is 0 Å². The number of nitrogens with one attached hydrogen (secondary N) is 2. The van der Waals surface area contributed by atoms with Gasteiger partial charge >= 0.3 is 6.03 Å². The van der Waals surface area contributed by atoms with Gasteiger partial charge in [0.2, 0.25) is 0 Å². The molecule has 5 nitrogen and oxygen atoms in total. The molecule has 128 valence electrons. The first-order chi connectivity index (χ1) is 12.1. The van der Waals surface area contributed by atoms with Crippen molar-refractivity contribution < 1.29 is 4.79 Å². The highest BCUT2D eigenvalue weighted by atomic mass is 16.2. The van der Waals surface area contributed by atoms with Crippen molar-refractivity contribution in [2.75, 3.05) is 11.9 Å². The Morgan fingerprint density at radius 1 is 1.16 bits per heavy atom. The molecule has 0 unspecified atom stereocenters. The highest BCUT2D eigenvalue weighted by Crippen LogP contribution is 2.32. The average molecular weight is 334 g/mol. The molecule has 0 aliphatic carbocycles. The SMILES string of the molecule is CCNC(=O)Nc1cc2c(-c3cccc(CN)c3)ccc(C)c2cn1. The van der Waals surface area contributed by atoms with E-state index >= 15 is 0 Å². The second-order valence-corrected chi connectivity index (χ2v) is 5.93. The van der Waals surface area contributed by atoms with Crippen LogP contribution in [0.1, 0.15) is 18.1 Å². The minimum Gasteiger partial charge on any atom is -0.338 e. The molecule has 0 fully saturated rings. The summed E-state index contributed by atoms with van der Waals surface area (Å²) in [5, 5.41) is 7.60. The molecule has 4 N–H and O–H groups in total. The fourth-order valence-corrected chi connectivity index (χ4v) is 2.89. The van der Waals surface area contributed by atoms with E-state index in [9.17, 15) is 4.79 Å². The third-order valence-corrected chi connectivity index (χ3v) is 4.17. The van der Waals surface area contributed by atoms with Crippen molar-refractivity contribution in [2.24, 2.45) is 5.73 Å². The van der Waals surface area contributed by atoms with Gasteiger partial charge < -0.3 is 11.1 Å². The number of aromatic nitrogens is 1. The first kappa shape index (κ1) is 16.9. The summed E-state index contributed by atoms with van der Waals surface area (Å²) in [6, 6.07) is 14.1. The van der Waals surface area contributed by atoms with Gasteiger partial charge in [0.25, 0.3) is 0 Å². The van der Waals surface area contributed by atoms with Crippen molar-refractivity contribution in [3.05, 3.63) is 59.8 Å². The van der Waals surface area contributed by atoms with Crippen LogP contribution in [0.2, 0.25) is 0 Å². The van der Waals surface area contributed by atoms with Crippen LogP contribution in [0.4, 0.5) is 10.6 Å². The molecule has 3 rings (SSSR count). The number of rotatable bonds is 4. The van der Waals surface area contributed by atoms with E-state index in [-0.39, 0.29) is 6.03 Å². The molecule has 1 aromatic heterocycles. The second-order valence-electron chi connectivity index (χ2n) is 5.93. The number of carbonyl (C=O) groups is 1. The van der Waals surface area contributed by atoms with Crippen LogP contribution >= 0.6 is 0 Å². The molecule has 3 aromatic rings. The number of benzene rings is 2. The van der Waals surface area contributed by atoms with E-state index in [1.165, 1.54) is 0 Å². The van der Waals surface area contributed by atoms with Crippen molar-refractivity contribution in [3.63, 3.8) is 0 Å². The maximum atomic E-state index is 11.8. The Morgan fingerprint density at radius 2 is 2.00 bits per heavy atom. The number of fused-ring (bicyclic) bond motifs is 1. The number of aryl methyl sites for hydroxylation is 1. The molecule has 0 aliphatic heterocycles. The maximum Gasteiger partial charge on any atom is 0.320 e. The highest BCUT2D eigenvalue weighted by Gasteiger charge is 2.10. The Balaban J connectivity index is 2.11. The summed E-state index contributed by atoms with van der Waals surface area (Å²) in [4.78, 5) is 16.1. The average Bonchev–Trinajstić information content (AvgIpc) is 2.62. The number of carbonyl (C=O) groups excluding carboxylic acids is 1. The molecule has 0 saturated heterocycles. The molecular formula is C20H22N4O. The first-order valence-corrected chi connectivity index (χ1v) is 8.36. The van der Waals surface area contributed by atoms with E-state index in [0.717, 1.165) is 33.0 Å². The molecule has 0 atom stereocenters. The van der Waals surface area contributed by atoms with E-state index in [1.54, 1.807) is 0 Å². The fourth-order valence-electron chi connectivity index (χ4n) is 2.89. The number of hydrogen-bond donors (Lipinski definition) is 3. The predicted octanol–water partition coefficient (Wildman–Crippen LogP) is 3.81. The maximum absolute atomic E-state index is 11.8. The summed E-state index contributed by atoms with van der Waals surface area (Å²) in [6.45, 7) is 5.00. The standard InChI is InChI=1S/C20H22N4O/c1-3-22-20(25)24-19-10-17-16(8-7-13(2)18(17)12-23-19)15-6-4-5-14(9-15)11-21/h4-10,12H,3,11,21H2,1-2H3,(H2,22,23,24,25). The van der Waals surface area contributed by atoms with E-state index < -0.39 is 0 Å². The largest absolute Gasteiger partial charge is 0.338 e. The Labute approximate surface area is 147 Å². The van der Waals surface area contributed by atoms with Gasteiger partial charge in [0, 0.05) is 24.7 Å². The number of nitrogens with two attached hydrogens (primary N) is 1. The van der Waals surface area contributed by atoms with E-state index in [4.69, 9.17) is 5.73 Å². The number of pyridine rings is 1. The second kappa shape index (κ2) is 7.32. The molecule has 0 bridgehead atoms. The molecule has 1 heterocycles. The zero-order chi connectivity index (χ0) is 17.8. The van der Waals surface area contributed by atoms with Gasteiger partial charge in [0.15, 0.2) is 0 Å². The summed E-state index contributed by atoms with van der Waals surface area (Å²) in [5.41, 5.74) is 10.2. The van der Waals surface area contributed by atoms with E-state index in [1.807, 2.05) is 31.3 Å². The van der Waals surface area contributed by atoms with Crippen molar-refractivity contribution in [1.29, 1.82) is 0 Å². The third kappa shape index (κ3) is 3.61. The van der Waals surface area contributed by atoms with Crippen LogP contribution in [0, 0.1) is 6.92 Å². The van der Waals surface area contributed by atoms with Gasteiger partial charge in [-0.1, -0.05) is 30.3 Å². The number of hydrogen-bond acceptors (Lipinski definition) is 3. The minimum atomic E-state index is -0.256. The van der Waals surface area contributed by atoms with Crippen LogP contribution < -0.4 is 16.4 Å². The predicted molar refractivity (Wildman–Crippen MR) is 103 cm³/mol. The summed E-state index contributed by atoms with van der Waals surface area (Å²) in [6.07, 6.45) is 1.81. The van der Waals surface area contributed by atoms with E-state index in [0.29, 0.717) is 18.9 Å². The van der Waals surface area contributed by atoms with Gasteiger partial charge in [-0.3, -0.25) is 5.32 Å². The van der Waals surface area contributed by atoms with Gasteiger partial charge in [-0.2, -0.15) is 0 Å². The van der Waals surface area contributed by atoms with Crippen LogP contribution in [0.15, 0.2) is 48.7 Å². The lowest BCUT2D eigenvalue weighted by Gasteiger charge is -2.12. The van der Waals surface area contributed by atoms with Crippen LogP contribution in [-0.2, 0) is 6.54 Å². The molecule has 2 aromatic carbocycles. The van der Waals surface area contributed by atoms with E-state index in [2.05, 4.69) is 46.8 Å². The Hall–Kier alpha value is -2.92. The Bertz CT molecular complexity index is 921. The van der Waals surface area contributed by atoms with Crippen LogP contribution in [0.25, 0.3) is 21.9 Å². The number of anilines is 1. The molecule has 25 heavy (non-hydrogen) atoms. The molecular weight excluding hydrogens is 312 g/mol. The van der Waals surface area contributed by atoms with Gasteiger partial charge in [-0.15, -0.1) is 0 Å². The van der Waals surface area contributed by atoms with Crippen LogP contribution in [0.5, 0.6) is 0 Å². The summed E-state index contributed by atoms with van der Waals surface area (Å²) in [5.74, 6) is 0.528. The summed E-state index contributed by atoms with van der Waals surface area (Å²) < 4.78 is 0. The quantitative estimate of drug-likeness (QED) is 0.679. The zero-order valence-corrected chi connectivity index (χ0v) is 14.5.